The van der Waals surface area contributed by atoms with Crippen LogP contribution in [0.3, 0.4) is 0 Å². The molecule has 0 aliphatic carbocycles. The molecule has 29 heavy (non-hydrogen) atoms. The Morgan fingerprint density at radius 2 is 1.55 bits per heavy atom. The summed E-state index contributed by atoms with van der Waals surface area (Å²) in [6.07, 6.45) is 0. The van der Waals surface area contributed by atoms with E-state index in [1.54, 1.807) is 0 Å². The highest BCUT2D eigenvalue weighted by Gasteiger charge is 2.21. The van der Waals surface area contributed by atoms with Gasteiger partial charge in [0.15, 0.2) is 0 Å². The zero-order chi connectivity index (χ0) is 20.3. The van der Waals surface area contributed by atoms with Crippen molar-refractivity contribution in [1.29, 1.82) is 0 Å². The van der Waals surface area contributed by atoms with Crippen molar-refractivity contribution >= 4 is 5.91 Å². The highest BCUT2D eigenvalue weighted by atomic mass is 16.5. The van der Waals surface area contributed by atoms with E-state index in [1.807, 2.05) is 54.3 Å². The summed E-state index contributed by atoms with van der Waals surface area (Å²) in [5.74, 6) is 1.76. The molecule has 0 saturated carbocycles. The molecule has 0 atom stereocenters. The predicted octanol–water partition coefficient (Wildman–Crippen LogP) is 2.83. The molecule has 156 valence electrons. The molecule has 1 saturated heterocycles. The molecule has 2 aromatic carbocycles. The lowest BCUT2D eigenvalue weighted by Crippen LogP contribution is -2.49. The number of para-hydroxylation sites is 1. The van der Waals surface area contributed by atoms with E-state index in [9.17, 15) is 4.79 Å². The van der Waals surface area contributed by atoms with E-state index in [1.165, 1.54) is 5.56 Å². The van der Waals surface area contributed by atoms with Crippen LogP contribution >= 0.6 is 0 Å². The van der Waals surface area contributed by atoms with Gasteiger partial charge in [-0.15, -0.1) is 0 Å². The van der Waals surface area contributed by atoms with E-state index in [-0.39, 0.29) is 12.5 Å². The number of benzene rings is 2. The first-order valence-corrected chi connectivity index (χ1v) is 10.2. The molecule has 1 amide bonds. The Balaban J connectivity index is 1.29. The van der Waals surface area contributed by atoms with E-state index in [4.69, 9.17) is 14.2 Å². The molecule has 6 nitrogen and oxygen atoms in total. The predicted molar refractivity (Wildman–Crippen MR) is 112 cm³/mol. The lowest BCUT2D eigenvalue weighted by molar-refractivity contribution is -0.138. The highest BCUT2D eigenvalue weighted by Crippen LogP contribution is 2.15. The molecule has 0 N–H and O–H groups in total. The number of hydrogen-bond donors (Lipinski definition) is 0. The Kier molecular flexibility index (Phi) is 8.34. The third-order valence-electron chi connectivity index (χ3n) is 4.83. The smallest absolute Gasteiger partial charge is 0.248 e. The van der Waals surface area contributed by atoms with E-state index >= 15 is 0 Å². The Hall–Kier alpha value is -2.57. The molecule has 0 spiro atoms. The Morgan fingerprint density at radius 3 is 2.24 bits per heavy atom. The van der Waals surface area contributed by atoms with E-state index in [2.05, 4.69) is 17.0 Å². The minimum atomic E-state index is 0.0467. The molecule has 6 heteroatoms. The largest absolute Gasteiger partial charge is 0.494 e. The second-order valence-electron chi connectivity index (χ2n) is 6.95. The molecule has 1 heterocycles. The lowest BCUT2D eigenvalue weighted by Gasteiger charge is -2.34. The van der Waals surface area contributed by atoms with Crippen LogP contribution in [-0.4, -0.2) is 68.3 Å². The number of rotatable bonds is 10. The zero-order valence-corrected chi connectivity index (χ0v) is 17.1. The van der Waals surface area contributed by atoms with Crippen molar-refractivity contribution in [2.75, 3.05) is 52.6 Å². The van der Waals surface area contributed by atoms with Crippen molar-refractivity contribution in [1.82, 2.24) is 9.80 Å². The first kappa shape index (κ1) is 21.1. The highest BCUT2D eigenvalue weighted by molar-refractivity contribution is 5.77. The van der Waals surface area contributed by atoms with Gasteiger partial charge in [-0.2, -0.15) is 0 Å². The van der Waals surface area contributed by atoms with Crippen LogP contribution < -0.4 is 9.47 Å². The fraction of sp³-hybridized carbons (Fsp3) is 0.435. The summed E-state index contributed by atoms with van der Waals surface area (Å²) in [5.41, 5.74) is 1.26. The Morgan fingerprint density at radius 1 is 0.862 bits per heavy atom. The Labute approximate surface area is 173 Å². The minimum Gasteiger partial charge on any atom is -0.494 e. The van der Waals surface area contributed by atoms with Gasteiger partial charge in [0.05, 0.1) is 13.2 Å². The molecule has 1 aliphatic heterocycles. The van der Waals surface area contributed by atoms with Crippen molar-refractivity contribution in [3.63, 3.8) is 0 Å². The standard InChI is InChI=1S/C23H30N2O4/c1-2-28-22-10-8-20(9-11-22)18-24-12-14-25(15-13-24)23(26)19-27-16-17-29-21-6-4-3-5-7-21/h3-11H,2,12-19H2,1H3. The maximum Gasteiger partial charge on any atom is 0.248 e. The van der Waals surface area contributed by atoms with Gasteiger partial charge >= 0.3 is 0 Å². The van der Waals surface area contributed by atoms with Crippen molar-refractivity contribution in [2.45, 2.75) is 13.5 Å². The number of amides is 1. The van der Waals surface area contributed by atoms with Gasteiger partial charge in [0, 0.05) is 32.7 Å². The quantitative estimate of drug-likeness (QED) is 0.576. The van der Waals surface area contributed by atoms with Crippen LogP contribution in [0.2, 0.25) is 0 Å². The summed E-state index contributed by atoms with van der Waals surface area (Å²) < 4.78 is 16.5. The van der Waals surface area contributed by atoms with Gasteiger partial charge in [-0.1, -0.05) is 30.3 Å². The molecule has 1 aliphatic rings. The van der Waals surface area contributed by atoms with Crippen molar-refractivity contribution in [3.05, 3.63) is 60.2 Å². The Bertz CT molecular complexity index is 728. The first-order valence-electron chi connectivity index (χ1n) is 10.2. The second kappa shape index (κ2) is 11.4. The SMILES string of the molecule is CCOc1ccc(CN2CCN(C(=O)COCCOc3ccccc3)CC2)cc1. The molecule has 0 radical (unpaired) electrons. The van der Waals surface area contributed by atoms with E-state index < -0.39 is 0 Å². The van der Waals surface area contributed by atoms with Crippen molar-refractivity contribution in [2.24, 2.45) is 0 Å². The molecule has 0 bridgehead atoms. The van der Waals surface area contributed by atoms with E-state index in [0.717, 1.165) is 44.2 Å². The summed E-state index contributed by atoms with van der Waals surface area (Å²) in [4.78, 5) is 16.6. The number of ether oxygens (including phenoxy) is 3. The molecule has 0 aromatic heterocycles. The van der Waals surface area contributed by atoms with Gasteiger partial charge in [0.25, 0.3) is 0 Å². The maximum absolute atomic E-state index is 12.3. The number of nitrogens with zero attached hydrogens (tertiary/aromatic N) is 2. The number of piperazine rings is 1. The maximum atomic E-state index is 12.3. The molecule has 3 rings (SSSR count). The minimum absolute atomic E-state index is 0.0467. The lowest BCUT2D eigenvalue weighted by atomic mass is 10.2. The normalized spacial score (nSPS) is 14.6. The van der Waals surface area contributed by atoms with Gasteiger partial charge in [-0.3, -0.25) is 9.69 Å². The van der Waals surface area contributed by atoms with Crippen LogP contribution in [0.15, 0.2) is 54.6 Å². The van der Waals surface area contributed by atoms with Crippen LogP contribution in [-0.2, 0) is 16.1 Å². The molecular weight excluding hydrogens is 368 g/mol. The van der Waals surface area contributed by atoms with Crippen molar-refractivity contribution < 1.29 is 19.0 Å². The average molecular weight is 399 g/mol. The van der Waals surface area contributed by atoms with Gasteiger partial charge in [0.2, 0.25) is 5.91 Å². The van der Waals surface area contributed by atoms with Crippen LogP contribution in [0.4, 0.5) is 0 Å². The average Bonchev–Trinajstić information content (AvgIpc) is 2.76. The molecular formula is C23H30N2O4. The molecule has 2 aromatic rings. The number of carbonyl (C=O) groups excluding carboxylic acids is 1. The summed E-state index contributed by atoms with van der Waals surface area (Å²) >= 11 is 0. The zero-order valence-electron chi connectivity index (χ0n) is 17.1. The third-order valence-corrected chi connectivity index (χ3v) is 4.83. The molecule has 0 unspecified atom stereocenters. The third kappa shape index (κ3) is 7.07. The van der Waals surface area contributed by atoms with Crippen LogP contribution in [0.5, 0.6) is 11.5 Å². The van der Waals surface area contributed by atoms with Crippen molar-refractivity contribution in [3.8, 4) is 11.5 Å². The topological polar surface area (TPSA) is 51.2 Å². The number of carbonyl (C=O) groups is 1. The van der Waals surface area contributed by atoms with Gasteiger partial charge in [-0.05, 0) is 36.8 Å². The first-order chi connectivity index (χ1) is 14.2. The summed E-state index contributed by atoms with van der Waals surface area (Å²) in [6, 6.07) is 17.8. The fourth-order valence-electron chi connectivity index (χ4n) is 3.26. The molecule has 1 fully saturated rings. The van der Waals surface area contributed by atoms with Crippen LogP contribution in [0.25, 0.3) is 0 Å². The summed E-state index contributed by atoms with van der Waals surface area (Å²) in [7, 11) is 0. The van der Waals surface area contributed by atoms with Gasteiger partial charge < -0.3 is 19.1 Å². The van der Waals surface area contributed by atoms with Crippen LogP contribution in [0.1, 0.15) is 12.5 Å². The van der Waals surface area contributed by atoms with Gasteiger partial charge in [0.1, 0.15) is 24.7 Å². The van der Waals surface area contributed by atoms with Gasteiger partial charge in [-0.25, -0.2) is 0 Å². The second-order valence-corrected chi connectivity index (χ2v) is 6.95. The fourth-order valence-corrected chi connectivity index (χ4v) is 3.26. The monoisotopic (exact) mass is 398 g/mol. The number of hydrogen-bond acceptors (Lipinski definition) is 5. The van der Waals surface area contributed by atoms with E-state index in [0.29, 0.717) is 19.8 Å². The summed E-state index contributed by atoms with van der Waals surface area (Å²) in [5, 5.41) is 0. The summed E-state index contributed by atoms with van der Waals surface area (Å²) in [6.45, 7) is 7.72. The van der Waals surface area contributed by atoms with Crippen LogP contribution in [0, 0.1) is 0 Å².